The van der Waals surface area contributed by atoms with E-state index in [2.05, 4.69) is 10.6 Å². The fourth-order valence-electron chi connectivity index (χ4n) is 2.88. The monoisotopic (exact) mass is 362 g/mol. The standard InChI is InChI=1S/C19H26N2O5/c1-13(18(23)21-19(24)20-15-6-4-3-5-7-15)26-17(22)12-14-8-10-16(25-2)11-9-14/h8-11,13,15H,3-7,12H2,1-2H3,(H2,20,21,23,24)/t13-/m0/s1. The molecule has 0 aliphatic heterocycles. The van der Waals surface area contributed by atoms with Gasteiger partial charge in [0.1, 0.15) is 5.75 Å². The lowest BCUT2D eigenvalue weighted by molar-refractivity contribution is -0.153. The first-order valence-electron chi connectivity index (χ1n) is 8.91. The van der Waals surface area contributed by atoms with Crippen molar-refractivity contribution in [3.8, 4) is 5.75 Å². The molecular formula is C19H26N2O5. The summed E-state index contributed by atoms with van der Waals surface area (Å²) in [6, 6.07) is 6.55. The molecule has 1 aromatic rings. The number of benzene rings is 1. The molecule has 0 aromatic heterocycles. The number of urea groups is 1. The Balaban J connectivity index is 1.74. The van der Waals surface area contributed by atoms with Crippen molar-refractivity contribution in [3.05, 3.63) is 29.8 Å². The number of carbonyl (C=O) groups is 3. The van der Waals surface area contributed by atoms with Crippen LogP contribution in [0.4, 0.5) is 4.79 Å². The van der Waals surface area contributed by atoms with Gasteiger partial charge in [0, 0.05) is 6.04 Å². The lowest BCUT2D eigenvalue weighted by Crippen LogP contribution is -2.48. The second-order valence-electron chi connectivity index (χ2n) is 6.45. The number of hydrogen-bond donors (Lipinski definition) is 2. The van der Waals surface area contributed by atoms with Gasteiger partial charge in [-0.2, -0.15) is 0 Å². The van der Waals surface area contributed by atoms with Crippen LogP contribution in [0.1, 0.15) is 44.6 Å². The van der Waals surface area contributed by atoms with E-state index < -0.39 is 24.0 Å². The molecule has 0 bridgehead atoms. The second kappa shape index (κ2) is 9.79. The van der Waals surface area contributed by atoms with E-state index in [1.807, 2.05) is 0 Å². The topological polar surface area (TPSA) is 93.7 Å². The molecule has 1 aliphatic carbocycles. The van der Waals surface area contributed by atoms with Crippen LogP contribution in [0.25, 0.3) is 0 Å². The third kappa shape index (κ3) is 6.38. The first-order valence-corrected chi connectivity index (χ1v) is 8.91. The van der Waals surface area contributed by atoms with Crippen LogP contribution < -0.4 is 15.4 Å². The van der Waals surface area contributed by atoms with Crippen LogP contribution in [0.15, 0.2) is 24.3 Å². The van der Waals surface area contributed by atoms with Crippen molar-refractivity contribution in [2.24, 2.45) is 0 Å². The Morgan fingerprint density at radius 2 is 1.77 bits per heavy atom. The number of methoxy groups -OCH3 is 1. The van der Waals surface area contributed by atoms with E-state index in [1.54, 1.807) is 31.4 Å². The van der Waals surface area contributed by atoms with Crippen molar-refractivity contribution in [1.29, 1.82) is 0 Å². The minimum Gasteiger partial charge on any atom is -0.497 e. The molecule has 142 valence electrons. The first kappa shape index (κ1) is 19.8. The van der Waals surface area contributed by atoms with Crippen LogP contribution in [0.2, 0.25) is 0 Å². The van der Waals surface area contributed by atoms with Crippen molar-refractivity contribution >= 4 is 17.9 Å². The van der Waals surface area contributed by atoms with Gasteiger partial charge in [-0.3, -0.25) is 14.9 Å². The lowest BCUT2D eigenvalue weighted by Gasteiger charge is -2.23. The summed E-state index contributed by atoms with van der Waals surface area (Å²) in [6.07, 6.45) is 4.19. The summed E-state index contributed by atoms with van der Waals surface area (Å²) in [5.74, 6) is -0.481. The highest BCUT2D eigenvalue weighted by Gasteiger charge is 2.22. The number of hydrogen-bond acceptors (Lipinski definition) is 5. The molecule has 3 amide bonds. The minimum absolute atomic E-state index is 0.0376. The smallest absolute Gasteiger partial charge is 0.321 e. The Morgan fingerprint density at radius 1 is 1.12 bits per heavy atom. The molecule has 1 aromatic carbocycles. The van der Waals surface area contributed by atoms with Crippen LogP contribution in [0.3, 0.4) is 0 Å². The summed E-state index contributed by atoms with van der Waals surface area (Å²) in [6.45, 7) is 1.44. The van der Waals surface area contributed by atoms with Crippen LogP contribution in [-0.2, 0) is 20.7 Å². The third-order valence-corrected chi connectivity index (χ3v) is 4.36. The number of rotatable bonds is 6. The van der Waals surface area contributed by atoms with Crippen molar-refractivity contribution in [3.63, 3.8) is 0 Å². The molecule has 1 atom stereocenters. The van der Waals surface area contributed by atoms with Crippen molar-refractivity contribution in [1.82, 2.24) is 10.6 Å². The second-order valence-corrected chi connectivity index (χ2v) is 6.45. The van der Waals surface area contributed by atoms with Crippen LogP contribution in [-0.4, -0.2) is 37.2 Å². The molecule has 0 heterocycles. The predicted octanol–water partition coefficient (Wildman–Crippen LogP) is 2.33. The van der Waals surface area contributed by atoms with E-state index in [4.69, 9.17) is 9.47 Å². The first-order chi connectivity index (χ1) is 12.5. The van der Waals surface area contributed by atoms with Gasteiger partial charge in [-0.05, 0) is 37.5 Å². The zero-order valence-electron chi connectivity index (χ0n) is 15.2. The van der Waals surface area contributed by atoms with E-state index >= 15 is 0 Å². The number of imide groups is 1. The van der Waals surface area contributed by atoms with Gasteiger partial charge in [0.25, 0.3) is 5.91 Å². The fraction of sp³-hybridized carbons (Fsp3) is 0.526. The number of amides is 3. The average molecular weight is 362 g/mol. The summed E-state index contributed by atoms with van der Waals surface area (Å²) in [4.78, 5) is 35.8. The van der Waals surface area contributed by atoms with Gasteiger partial charge in [0.2, 0.25) is 0 Å². The molecule has 0 radical (unpaired) electrons. The largest absolute Gasteiger partial charge is 0.497 e. The molecule has 1 aliphatic rings. The van der Waals surface area contributed by atoms with Gasteiger partial charge in [-0.1, -0.05) is 31.4 Å². The maximum absolute atomic E-state index is 12.0. The van der Waals surface area contributed by atoms with Gasteiger partial charge in [-0.25, -0.2) is 4.79 Å². The zero-order chi connectivity index (χ0) is 18.9. The highest BCUT2D eigenvalue weighted by molar-refractivity contribution is 5.97. The normalized spacial score (nSPS) is 15.6. The van der Waals surface area contributed by atoms with Crippen molar-refractivity contribution in [2.45, 2.75) is 57.6 Å². The quantitative estimate of drug-likeness (QED) is 0.758. The fourth-order valence-corrected chi connectivity index (χ4v) is 2.88. The Kier molecular flexibility index (Phi) is 7.44. The Morgan fingerprint density at radius 3 is 2.38 bits per heavy atom. The van der Waals surface area contributed by atoms with Crippen molar-refractivity contribution < 1.29 is 23.9 Å². The summed E-state index contributed by atoms with van der Waals surface area (Å²) < 4.78 is 10.2. The third-order valence-electron chi connectivity index (χ3n) is 4.36. The predicted molar refractivity (Wildman–Crippen MR) is 95.8 cm³/mol. The van der Waals surface area contributed by atoms with E-state index in [0.29, 0.717) is 5.75 Å². The van der Waals surface area contributed by atoms with E-state index in [9.17, 15) is 14.4 Å². The molecule has 0 spiro atoms. The number of ether oxygens (including phenoxy) is 2. The minimum atomic E-state index is -1.04. The van der Waals surface area contributed by atoms with Crippen molar-refractivity contribution in [2.75, 3.05) is 7.11 Å². The number of nitrogens with one attached hydrogen (secondary N) is 2. The molecule has 0 unspecified atom stereocenters. The Bertz CT molecular complexity index is 623. The van der Waals surface area contributed by atoms with Gasteiger partial charge in [-0.15, -0.1) is 0 Å². The highest BCUT2D eigenvalue weighted by atomic mass is 16.5. The van der Waals surface area contributed by atoms with Gasteiger partial charge < -0.3 is 14.8 Å². The van der Waals surface area contributed by atoms with Gasteiger partial charge >= 0.3 is 12.0 Å². The zero-order valence-corrected chi connectivity index (χ0v) is 15.2. The van der Waals surface area contributed by atoms with Crippen LogP contribution in [0, 0.1) is 0 Å². The maximum atomic E-state index is 12.0. The van der Waals surface area contributed by atoms with Gasteiger partial charge in [0.05, 0.1) is 13.5 Å². The molecule has 7 heteroatoms. The molecule has 1 fully saturated rings. The molecule has 26 heavy (non-hydrogen) atoms. The van der Waals surface area contributed by atoms with Crippen LogP contribution >= 0.6 is 0 Å². The summed E-state index contributed by atoms with van der Waals surface area (Å²) in [5.41, 5.74) is 0.749. The SMILES string of the molecule is COc1ccc(CC(=O)O[C@@H](C)C(=O)NC(=O)NC2CCCCC2)cc1. The van der Waals surface area contributed by atoms with E-state index in [1.165, 1.54) is 13.3 Å². The molecule has 2 rings (SSSR count). The molecule has 7 nitrogen and oxygen atoms in total. The Labute approximate surface area is 153 Å². The van der Waals surface area contributed by atoms with E-state index in [-0.39, 0.29) is 12.5 Å². The summed E-state index contributed by atoms with van der Waals surface area (Å²) in [7, 11) is 1.56. The summed E-state index contributed by atoms with van der Waals surface area (Å²) >= 11 is 0. The average Bonchev–Trinajstić information content (AvgIpc) is 2.62. The highest BCUT2D eigenvalue weighted by Crippen LogP contribution is 2.17. The Hall–Kier alpha value is -2.57. The lowest BCUT2D eigenvalue weighted by atomic mass is 9.96. The molecule has 0 saturated heterocycles. The number of carbonyl (C=O) groups excluding carboxylic acids is 3. The molecule has 1 saturated carbocycles. The molecule has 2 N–H and O–H groups in total. The summed E-state index contributed by atoms with van der Waals surface area (Å²) in [5, 5.41) is 5.01. The van der Waals surface area contributed by atoms with Gasteiger partial charge in [0.15, 0.2) is 6.10 Å². The number of esters is 1. The molecular weight excluding hydrogens is 336 g/mol. The maximum Gasteiger partial charge on any atom is 0.321 e. The van der Waals surface area contributed by atoms with E-state index in [0.717, 1.165) is 31.2 Å². The van der Waals surface area contributed by atoms with Crippen LogP contribution in [0.5, 0.6) is 5.75 Å².